The quantitative estimate of drug-likeness (QED) is 0.794. The van der Waals surface area contributed by atoms with Gasteiger partial charge in [0.2, 0.25) is 0 Å². The Morgan fingerprint density at radius 2 is 2.04 bits per heavy atom. The predicted octanol–water partition coefficient (Wildman–Crippen LogP) is 3.53. The van der Waals surface area contributed by atoms with Gasteiger partial charge in [0.25, 0.3) is 5.91 Å². The zero-order valence-electron chi connectivity index (χ0n) is 13.0. The number of benzene rings is 1. The van der Waals surface area contributed by atoms with Crippen LogP contribution in [0, 0.1) is 5.82 Å². The molecule has 1 aromatic heterocycles. The highest BCUT2D eigenvalue weighted by Crippen LogP contribution is 2.39. The molecule has 6 heteroatoms. The molecule has 24 heavy (non-hydrogen) atoms. The van der Waals surface area contributed by atoms with Gasteiger partial charge in [-0.2, -0.15) is 0 Å². The third kappa shape index (κ3) is 2.60. The number of thiophene rings is 1. The molecule has 3 heterocycles. The minimum atomic E-state index is -0.575. The maximum Gasteiger partial charge on any atom is 0.263 e. The summed E-state index contributed by atoms with van der Waals surface area (Å²) in [5.41, 5.74) is -0.258. The van der Waals surface area contributed by atoms with Crippen molar-refractivity contribution >= 4 is 23.0 Å². The maximum absolute atomic E-state index is 13.3. The summed E-state index contributed by atoms with van der Waals surface area (Å²) < 4.78 is 19.4. The SMILES string of the molecule is O=C1CC2(CCN(C(=O)c3cccs3)CC2)Oc2ccc(F)cc21. The van der Waals surface area contributed by atoms with Crippen molar-refractivity contribution in [1.29, 1.82) is 0 Å². The lowest BCUT2D eigenvalue weighted by Gasteiger charge is -2.43. The Hall–Kier alpha value is -2.21. The third-order valence-corrected chi connectivity index (χ3v) is 5.60. The number of halogens is 1. The molecule has 1 amide bonds. The van der Waals surface area contributed by atoms with Crippen molar-refractivity contribution in [1.82, 2.24) is 4.90 Å². The van der Waals surface area contributed by atoms with Crippen LogP contribution in [-0.4, -0.2) is 35.3 Å². The second-order valence-corrected chi connectivity index (χ2v) is 7.24. The molecule has 4 rings (SSSR count). The topological polar surface area (TPSA) is 46.6 Å². The van der Waals surface area contributed by atoms with Crippen molar-refractivity contribution in [3.05, 3.63) is 52.0 Å². The molecule has 1 aromatic carbocycles. The highest BCUT2D eigenvalue weighted by atomic mass is 32.1. The van der Waals surface area contributed by atoms with Gasteiger partial charge < -0.3 is 9.64 Å². The van der Waals surface area contributed by atoms with Gasteiger partial charge in [-0.05, 0) is 29.6 Å². The Morgan fingerprint density at radius 3 is 2.75 bits per heavy atom. The van der Waals surface area contributed by atoms with Crippen LogP contribution in [0.25, 0.3) is 0 Å². The van der Waals surface area contributed by atoms with Gasteiger partial charge in [0.1, 0.15) is 17.2 Å². The number of hydrogen-bond donors (Lipinski definition) is 0. The molecule has 0 atom stereocenters. The number of ether oxygens (including phenoxy) is 1. The second-order valence-electron chi connectivity index (χ2n) is 6.30. The maximum atomic E-state index is 13.3. The summed E-state index contributed by atoms with van der Waals surface area (Å²) in [5.74, 6) is -0.0399. The molecule has 124 valence electrons. The van der Waals surface area contributed by atoms with E-state index in [2.05, 4.69) is 0 Å². The number of fused-ring (bicyclic) bond motifs is 1. The first kappa shape index (κ1) is 15.3. The highest BCUT2D eigenvalue weighted by molar-refractivity contribution is 7.12. The first-order valence-corrected chi connectivity index (χ1v) is 8.79. The van der Waals surface area contributed by atoms with Gasteiger partial charge in [-0.15, -0.1) is 11.3 Å². The summed E-state index contributed by atoms with van der Waals surface area (Å²) >= 11 is 1.43. The average Bonchev–Trinajstić information content (AvgIpc) is 3.10. The molecular formula is C18H16FNO3S. The van der Waals surface area contributed by atoms with Gasteiger partial charge in [0.05, 0.1) is 16.9 Å². The first-order valence-electron chi connectivity index (χ1n) is 7.91. The molecule has 0 aliphatic carbocycles. The highest BCUT2D eigenvalue weighted by Gasteiger charge is 2.43. The molecule has 0 saturated carbocycles. The Labute approximate surface area is 142 Å². The number of likely N-dealkylation sites (tertiary alicyclic amines) is 1. The van der Waals surface area contributed by atoms with Crippen molar-refractivity contribution in [3.63, 3.8) is 0 Å². The van der Waals surface area contributed by atoms with E-state index in [-0.39, 0.29) is 18.1 Å². The summed E-state index contributed by atoms with van der Waals surface area (Å²) in [6.07, 6.45) is 1.45. The van der Waals surface area contributed by atoms with Gasteiger partial charge in [0, 0.05) is 25.9 Å². The largest absolute Gasteiger partial charge is 0.486 e. The Kier molecular flexibility index (Phi) is 3.64. The van der Waals surface area contributed by atoms with Gasteiger partial charge >= 0.3 is 0 Å². The lowest BCUT2D eigenvalue weighted by atomic mass is 9.82. The van der Waals surface area contributed by atoms with Crippen LogP contribution in [0.4, 0.5) is 4.39 Å². The average molecular weight is 345 g/mol. The molecule has 1 saturated heterocycles. The molecule has 1 spiro atoms. The molecule has 2 aliphatic heterocycles. The van der Waals surface area contributed by atoms with E-state index in [0.29, 0.717) is 37.2 Å². The number of rotatable bonds is 1. The number of Topliss-reactive ketones (excluding diaryl/α,β-unsaturated/α-hetero) is 1. The lowest BCUT2D eigenvalue weighted by molar-refractivity contribution is -0.00568. The Morgan fingerprint density at radius 1 is 1.25 bits per heavy atom. The minimum Gasteiger partial charge on any atom is -0.486 e. The molecule has 2 aliphatic rings. The molecule has 0 bridgehead atoms. The van der Waals surface area contributed by atoms with E-state index in [9.17, 15) is 14.0 Å². The van der Waals surface area contributed by atoms with E-state index in [1.165, 1.54) is 29.5 Å². The summed E-state index contributed by atoms with van der Waals surface area (Å²) in [6, 6.07) is 7.75. The summed E-state index contributed by atoms with van der Waals surface area (Å²) in [6.45, 7) is 1.11. The van der Waals surface area contributed by atoms with Crippen molar-refractivity contribution in [2.75, 3.05) is 13.1 Å². The van der Waals surface area contributed by atoms with Crippen molar-refractivity contribution < 1.29 is 18.7 Å². The van der Waals surface area contributed by atoms with E-state index in [4.69, 9.17) is 4.74 Å². The fourth-order valence-corrected chi connectivity index (χ4v) is 4.11. The van der Waals surface area contributed by atoms with E-state index >= 15 is 0 Å². The van der Waals surface area contributed by atoms with Gasteiger partial charge in [0.15, 0.2) is 5.78 Å². The number of carbonyl (C=O) groups is 2. The van der Waals surface area contributed by atoms with Crippen LogP contribution >= 0.6 is 11.3 Å². The summed E-state index contributed by atoms with van der Waals surface area (Å²) in [4.78, 5) is 27.3. The van der Waals surface area contributed by atoms with Gasteiger partial charge in [-0.1, -0.05) is 6.07 Å². The number of ketones is 1. The zero-order valence-corrected chi connectivity index (χ0v) is 13.8. The molecule has 0 unspecified atom stereocenters. The normalized spacial score (nSPS) is 19.0. The van der Waals surface area contributed by atoms with Crippen LogP contribution in [0.1, 0.15) is 39.3 Å². The molecule has 2 aromatic rings. The van der Waals surface area contributed by atoms with Crippen LogP contribution in [-0.2, 0) is 0 Å². The molecule has 4 nitrogen and oxygen atoms in total. The number of carbonyl (C=O) groups excluding carboxylic acids is 2. The summed E-state index contributed by atoms with van der Waals surface area (Å²) in [7, 11) is 0. The van der Waals surface area contributed by atoms with Crippen molar-refractivity contribution in [3.8, 4) is 5.75 Å². The Bertz CT molecular complexity index is 795. The Balaban J connectivity index is 1.50. The van der Waals surface area contributed by atoms with Crippen LogP contribution in [0.2, 0.25) is 0 Å². The number of hydrogen-bond acceptors (Lipinski definition) is 4. The second kappa shape index (κ2) is 5.70. The fraction of sp³-hybridized carbons (Fsp3) is 0.333. The third-order valence-electron chi connectivity index (χ3n) is 4.75. The van der Waals surface area contributed by atoms with Crippen LogP contribution in [0.5, 0.6) is 5.75 Å². The van der Waals surface area contributed by atoms with Crippen LogP contribution < -0.4 is 4.74 Å². The molecule has 1 fully saturated rings. The van der Waals surface area contributed by atoms with Crippen molar-refractivity contribution in [2.24, 2.45) is 0 Å². The van der Waals surface area contributed by atoms with E-state index in [1.807, 2.05) is 22.4 Å². The minimum absolute atomic E-state index is 0.0319. The first-order chi connectivity index (χ1) is 11.6. The van der Waals surface area contributed by atoms with Crippen LogP contribution in [0.15, 0.2) is 35.7 Å². The predicted molar refractivity (Wildman–Crippen MR) is 88.2 cm³/mol. The van der Waals surface area contributed by atoms with Gasteiger partial charge in [-0.25, -0.2) is 4.39 Å². The lowest BCUT2D eigenvalue weighted by Crippen LogP contribution is -2.52. The molecule has 0 N–H and O–H groups in total. The molecule has 0 radical (unpaired) electrons. The van der Waals surface area contributed by atoms with E-state index in [0.717, 1.165) is 4.88 Å². The van der Waals surface area contributed by atoms with Crippen LogP contribution in [0.3, 0.4) is 0 Å². The van der Waals surface area contributed by atoms with E-state index in [1.54, 1.807) is 0 Å². The fourth-order valence-electron chi connectivity index (χ4n) is 3.42. The molecular weight excluding hydrogens is 329 g/mol. The standard InChI is InChI=1S/C18H16FNO3S/c19-12-3-4-15-13(10-12)14(21)11-18(23-15)5-7-20(8-6-18)17(22)16-2-1-9-24-16/h1-4,9-10H,5-8,11H2. The monoisotopic (exact) mass is 345 g/mol. The van der Waals surface area contributed by atoms with Crippen molar-refractivity contribution in [2.45, 2.75) is 24.9 Å². The number of nitrogens with zero attached hydrogens (tertiary/aromatic N) is 1. The number of piperidine rings is 1. The number of amides is 1. The summed E-state index contributed by atoms with van der Waals surface area (Å²) in [5, 5.41) is 1.89. The van der Waals surface area contributed by atoms with Gasteiger partial charge in [-0.3, -0.25) is 9.59 Å². The zero-order chi connectivity index (χ0) is 16.7. The van der Waals surface area contributed by atoms with E-state index < -0.39 is 11.4 Å². The smallest absolute Gasteiger partial charge is 0.263 e.